The molecule has 31 heavy (non-hydrogen) atoms. The molecule has 10 nitrogen and oxygen atoms in total. The van der Waals surface area contributed by atoms with Crippen molar-refractivity contribution in [3.63, 3.8) is 0 Å². The Balaban J connectivity index is 1.48. The van der Waals surface area contributed by atoms with Crippen LogP contribution in [0.3, 0.4) is 0 Å². The molecule has 1 saturated heterocycles. The lowest BCUT2D eigenvalue weighted by atomic mass is 10.2. The molecule has 0 aromatic heterocycles. The van der Waals surface area contributed by atoms with Crippen LogP contribution in [0.4, 0.5) is 4.79 Å². The van der Waals surface area contributed by atoms with Gasteiger partial charge in [0.1, 0.15) is 19.2 Å². The van der Waals surface area contributed by atoms with Crippen LogP contribution in [0.25, 0.3) is 0 Å². The maximum absolute atomic E-state index is 12.7. The monoisotopic (exact) mass is 431 g/mol. The van der Waals surface area contributed by atoms with E-state index in [1.165, 1.54) is 4.90 Å². The first-order valence-corrected chi connectivity index (χ1v) is 10.1. The molecule has 1 fully saturated rings. The van der Waals surface area contributed by atoms with Gasteiger partial charge in [0.05, 0.1) is 5.70 Å². The highest BCUT2D eigenvalue weighted by Crippen LogP contribution is 2.20. The molecule has 2 heterocycles. The van der Waals surface area contributed by atoms with Gasteiger partial charge in [-0.05, 0) is 25.3 Å². The molecule has 166 valence electrons. The fraction of sp³-hybridized carbons (Fsp3) is 0.429. The smallest absolute Gasteiger partial charge is 0.407 e. The summed E-state index contributed by atoms with van der Waals surface area (Å²) in [5, 5.41) is 5.03. The van der Waals surface area contributed by atoms with Crippen LogP contribution in [0, 0.1) is 0 Å². The molecule has 3 amide bonds. The van der Waals surface area contributed by atoms with Gasteiger partial charge in [-0.15, -0.1) is 0 Å². The number of benzene rings is 1. The first-order valence-electron chi connectivity index (χ1n) is 10.1. The van der Waals surface area contributed by atoms with Crippen molar-refractivity contribution in [2.24, 2.45) is 0 Å². The lowest BCUT2D eigenvalue weighted by Gasteiger charge is -2.25. The highest BCUT2D eigenvalue weighted by Gasteiger charge is 2.36. The molecule has 0 bridgehead atoms. The molecule has 2 aliphatic rings. The Labute approximate surface area is 179 Å². The molecule has 1 aromatic rings. The molecule has 0 radical (unpaired) electrons. The van der Waals surface area contributed by atoms with Crippen molar-refractivity contribution in [2.75, 3.05) is 19.7 Å². The minimum Gasteiger partial charge on any atom is -0.445 e. The van der Waals surface area contributed by atoms with E-state index in [2.05, 4.69) is 10.6 Å². The van der Waals surface area contributed by atoms with E-state index >= 15 is 0 Å². The van der Waals surface area contributed by atoms with Gasteiger partial charge in [-0.2, -0.15) is 0 Å². The maximum atomic E-state index is 12.7. The number of likely N-dealkylation sites (tertiary alicyclic amines) is 1. The van der Waals surface area contributed by atoms with Crippen LogP contribution in [0.2, 0.25) is 0 Å². The van der Waals surface area contributed by atoms with Crippen molar-refractivity contribution in [1.82, 2.24) is 15.5 Å². The quantitative estimate of drug-likeness (QED) is 0.584. The third-order valence-electron chi connectivity index (χ3n) is 4.81. The van der Waals surface area contributed by atoms with Crippen molar-refractivity contribution in [3.8, 4) is 0 Å². The summed E-state index contributed by atoms with van der Waals surface area (Å²) in [7, 11) is 0. The number of hydrogen-bond acceptors (Lipinski definition) is 7. The summed E-state index contributed by atoms with van der Waals surface area (Å²) >= 11 is 0. The minimum absolute atomic E-state index is 0.0898. The van der Waals surface area contributed by atoms with E-state index in [4.69, 9.17) is 14.2 Å². The van der Waals surface area contributed by atoms with Gasteiger partial charge in [-0.25, -0.2) is 9.59 Å². The normalized spacial score (nSPS) is 20.1. The largest absolute Gasteiger partial charge is 0.445 e. The molecule has 3 rings (SSSR count). The Morgan fingerprint density at radius 1 is 1.23 bits per heavy atom. The first-order chi connectivity index (χ1) is 15.0. The molecule has 0 unspecified atom stereocenters. The third kappa shape index (κ3) is 6.05. The number of carbonyl (C=O) groups is 4. The van der Waals surface area contributed by atoms with E-state index in [1.54, 1.807) is 6.92 Å². The van der Waals surface area contributed by atoms with Gasteiger partial charge in [0.15, 0.2) is 0 Å². The van der Waals surface area contributed by atoms with Crippen molar-refractivity contribution in [3.05, 3.63) is 47.7 Å². The molecule has 2 atom stereocenters. The molecule has 10 heteroatoms. The number of esters is 1. The van der Waals surface area contributed by atoms with Crippen LogP contribution in [-0.2, 0) is 35.2 Å². The van der Waals surface area contributed by atoms with Gasteiger partial charge in [0.2, 0.25) is 18.1 Å². The summed E-state index contributed by atoms with van der Waals surface area (Å²) in [6.45, 7) is 2.23. The van der Waals surface area contributed by atoms with Crippen LogP contribution in [0.15, 0.2) is 42.1 Å². The van der Waals surface area contributed by atoms with E-state index in [0.29, 0.717) is 26.0 Å². The number of rotatable bonds is 8. The summed E-state index contributed by atoms with van der Waals surface area (Å²) < 4.78 is 15.3. The molecule has 2 aliphatic heterocycles. The highest BCUT2D eigenvalue weighted by atomic mass is 16.7. The SMILES string of the molecule is CCO[C@@H]1OC(=O)C=C1NC(=O)[C@@H]1CCCN1C(=O)CNC(=O)OCc1ccccc1. The molecule has 0 aliphatic carbocycles. The van der Waals surface area contributed by atoms with Crippen LogP contribution >= 0.6 is 0 Å². The summed E-state index contributed by atoms with van der Waals surface area (Å²) in [6.07, 6.45) is 0.587. The minimum atomic E-state index is -0.965. The van der Waals surface area contributed by atoms with Gasteiger partial charge in [-0.1, -0.05) is 30.3 Å². The number of amides is 3. The average molecular weight is 431 g/mol. The fourth-order valence-corrected chi connectivity index (χ4v) is 3.36. The zero-order valence-electron chi connectivity index (χ0n) is 17.2. The van der Waals surface area contributed by atoms with Crippen LogP contribution < -0.4 is 10.6 Å². The highest BCUT2D eigenvalue weighted by molar-refractivity contribution is 5.92. The van der Waals surface area contributed by atoms with Gasteiger partial charge in [0, 0.05) is 19.2 Å². The summed E-state index contributed by atoms with van der Waals surface area (Å²) in [5.41, 5.74) is 1.04. The number of nitrogens with one attached hydrogen (secondary N) is 2. The van der Waals surface area contributed by atoms with E-state index in [9.17, 15) is 19.2 Å². The summed E-state index contributed by atoms with van der Waals surface area (Å²) in [4.78, 5) is 50.0. The number of hydrogen-bond donors (Lipinski definition) is 2. The van der Waals surface area contributed by atoms with Crippen molar-refractivity contribution >= 4 is 23.9 Å². The standard InChI is InChI=1S/C21H25N3O7/c1-2-29-20-15(11-18(26)31-20)23-19(27)16-9-6-10-24(16)17(25)12-22-21(28)30-13-14-7-4-3-5-8-14/h3-5,7-8,11,16,20H,2,6,9-10,12-13H2,1H3,(H,22,28)(H,23,27)/t16-,20+/m0/s1. The Morgan fingerprint density at radius 2 is 2.00 bits per heavy atom. The van der Waals surface area contributed by atoms with E-state index in [-0.39, 0.29) is 18.8 Å². The predicted molar refractivity (Wildman–Crippen MR) is 107 cm³/mol. The number of cyclic esters (lactones) is 1. The van der Waals surface area contributed by atoms with Crippen molar-refractivity contribution < 1.29 is 33.4 Å². The average Bonchev–Trinajstić information content (AvgIpc) is 3.38. The van der Waals surface area contributed by atoms with E-state index in [0.717, 1.165) is 11.6 Å². The Morgan fingerprint density at radius 3 is 2.74 bits per heavy atom. The first kappa shape index (κ1) is 22.3. The molecule has 2 N–H and O–H groups in total. The molecule has 1 aromatic carbocycles. The molecule has 0 spiro atoms. The maximum Gasteiger partial charge on any atom is 0.407 e. The third-order valence-corrected chi connectivity index (χ3v) is 4.81. The molecular formula is C21H25N3O7. The summed E-state index contributed by atoms with van der Waals surface area (Å²) in [5.74, 6) is -1.44. The Kier molecular flexibility index (Phi) is 7.60. The Bertz CT molecular complexity index is 856. The number of ether oxygens (including phenoxy) is 3. The molecular weight excluding hydrogens is 406 g/mol. The van der Waals surface area contributed by atoms with Crippen LogP contribution in [-0.4, -0.2) is 60.8 Å². The number of carbonyl (C=O) groups excluding carboxylic acids is 4. The van der Waals surface area contributed by atoms with Crippen molar-refractivity contribution in [1.29, 1.82) is 0 Å². The second kappa shape index (κ2) is 10.6. The zero-order valence-corrected chi connectivity index (χ0v) is 17.2. The van der Waals surface area contributed by atoms with Gasteiger partial charge in [-0.3, -0.25) is 9.59 Å². The van der Waals surface area contributed by atoms with Gasteiger partial charge in [0.25, 0.3) is 0 Å². The van der Waals surface area contributed by atoms with Gasteiger partial charge >= 0.3 is 12.1 Å². The van der Waals surface area contributed by atoms with E-state index in [1.807, 2.05) is 30.3 Å². The summed E-state index contributed by atoms with van der Waals surface area (Å²) in [6, 6.07) is 8.45. The lowest BCUT2D eigenvalue weighted by molar-refractivity contribution is -0.159. The van der Waals surface area contributed by atoms with Gasteiger partial charge < -0.3 is 29.7 Å². The van der Waals surface area contributed by atoms with Crippen molar-refractivity contribution in [2.45, 2.75) is 38.7 Å². The molecule has 0 saturated carbocycles. The second-order valence-electron chi connectivity index (χ2n) is 6.97. The zero-order chi connectivity index (χ0) is 22.2. The number of alkyl carbamates (subject to hydrolysis) is 1. The van der Waals surface area contributed by atoms with Crippen LogP contribution in [0.1, 0.15) is 25.3 Å². The lowest BCUT2D eigenvalue weighted by Crippen LogP contribution is -2.49. The topological polar surface area (TPSA) is 123 Å². The Hall–Kier alpha value is -3.40. The van der Waals surface area contributed by atoms with Crippen LogP contribution in [0.5, 0.6) is 0 Å². The fourth-order valence-electron chi connectivity index (χ4n) is 3.36. The van der Waals surface area contributed by atoms with E-state index < -0.39 is 36.2 Å². The second-order valence-corrected chi connectivity index (χ2v) is 6.97. The predicted octanol–water partition coefficient (Wildman–Crippen LogP) is 0.823. The number of nitrogens with zero attached hydrogens (tertiary/aromatic N) is 1.